The van der Waals surface area contributed by atoms with Crippen LogP contribution in [-0.2, 0) is 6.42 Å². The Morgan fingerprint density at radius 2 is 1.76 bits per heavy atom. The molecule has 21 heavy (non-hydrogen) atoms. The van der Waals surface area contributed by atoms with E-state index in [1.54, 1.807) is 11.5 Å². The highest BCUT2D eigenvalue weighted by atomic mass is 16.1. The van der Waals surface area contributed by atoms with Gasteiger partial charge in [0.15, 0.2) is 0 Å². The Hall–Kier alpha value is -2.86. The second kappa shape index (κ2) is 5.26. The Balaban J connectivity index is 2.46. The van der Waals surface area contributed by atoms with Crippen LogP contribution in [0, 0.1) is 11.3 Å². The van der Waals surface area contributed by atoms with Crippen LogP contribution in [0.25, 0.3) is 22.2 Å². The molecule has 0 amide bonds. The van der Waals surface area contributed by atoms with Gasteiger partial charge in [0.05, 0.1) is 23.7 Å². The number of fused-ring (bicyclic) bond motifs is 1. The highest BCUT2D eigenvalue weighted by molar-refractivity contribution is 6.00. The van der Waals surface area contributed by atoms with Crippen molar-refractivity contribution in [3.05, 3.63) is 60.2 Å². The lowest BCUT2D eigenvalue weighted by Gasteiger charge is -2.08. The lowest BCUT2D eigenvalue weighted by atomic mass is 10.0. The zero-order valence-corrected chi connectivity index (χ0v) is 11.7. The van der Waals surface area contributed by atoms with Gasteiger partial charge in [0.2, 0.25) is 5.91 Å². The molecule has 0 saturated carbocycles. The van der Waals surface area contributed by atoms with Crippen molar-refractivity contribution < 1.29 is 4.79 Å². The molecule has 0 saturated heterocycles. The number of hydrogen-bond donors (Lipinski definition) is 0. The Morgan fingerprint density at radius 1 is 1.10 bits per heavy atom. The summed E-state index contributed by atoms with van der Waals surface area (Å²) in [6, 6.07) is 19.7. The van der Waals surface area contributed by atoms with Gasteiger partial charge in [0, 0.05) is 17.9 Å². The summed E-state index contributed by atoms with van der Waals surface area (Å²) >= 11 is 0. The van der Waals surface area contributed by atoms with Gasteiger partial charge in [-0.1, -0.05) is 48.5 Å². The number of nitriles is 1. The minimum atomic E-state index is -0.0470. The molecule has 0 spiro atoms. The van der Waals surface area contributed by atoms with Gasteiger partial charge in [-0.2, -0.15) is 5.26 Å². The Morgan fingerprint density at radius 3 is 2.43 bits per heavy atom. The second-order valence-corrected chi connectivity index (χ2v) is 4.90. The SMILES string of the molecule is CC(=O)n1c(-c2ccccc2)c(CC#N)c2ccccc21. The maximum atomic E-state index is 12.2. The maximum absolute atomic E-state index is 12.2. The zero-order chi connectivity index (χ0) is 14.8. The summed E-state index contributed by atoms with van der Waals surface area (Å²) in [4.78, 5) is 12.2. The average Bonchev–Trinajstić information content (AvgIpc) is 2.83. The zero-order valence-electron chi connectivity index (χ0n) is 11.7. The van der Waals surface area contributed by atoms with E-state index in [0.717, 1.165) is 27.7 Å². The highest BCUT2D eigenvalue weighted by Gasteiger charge is 2.19. The number of hydrogen-bond acceptors (Lipinski definition) is 2. The van der Waals surface area contributed by atoms with Crippen molar-refractivity contribution in [3.8, 4) is 17.3 Å². The topological polar surface area (TPSA) is 45.8 Å². The van der Waals surface area contributed by atoms with Crippen molar-refractivity contribution in [1.82, 2.24) is 4.57 Å². The van der Waals surface area contributed by atoms with E-state index in [1.807, 2.05) is 54.6 Å². The number of carbonyl (C=O) groups is 1. The lowest BCUT2D eigenvalue weighted by Crippen LogP contribution is -2.07. The van der Waals surface area contributed by atoms with E-state index in [1.165, 1.54) is 0 Å². The Labute approximate surface area is 123 Å². The first-order valence-electron chi connectivity index (χ1n) is 6.79. The van der Waals surface area contributed by atoms with Crippen LogP contribution in [0.4, 0.5) is 0 Å². The smallest absolute Gasteiger partial charge is 0.228 e. The normalized spacial score (nSPS) is 10.5. The van der Waals surface area contributed by atoms with Crippen LogP contribution in [0.2, 0.25) is 0 Å². The number of nitrogens with zero attached hydrogens (tertiary/aromatic N) is 2. The fourth-order valence-corrected chi connectivity index (χ4v) is 2.79. The second-order valence-electron chi connectivity index (χ2n) is 4.90. The van der Waals surface area contributed by atoms with Crippen molar-refractivity contribution in [2.75, 3.05) is 0 Å². The van der Waals surface area contributed by atoms with Crippen LogP contribution in [0.5, 0.6) is 0 Å². The molecule has 0 atom stereocenters. The third kappa shape index (κ3) is 2.11. The van der Waals surface area contributed by atoms with E-state index in [0.29, 0.717) is 0 Å². The molecule has 1 heterocycles. The minimum Gasteiger partial charge on any atom is -0.280 e. The van der Waals surface area contributed by atoms with Gasteiger partial charge in [0.1, 0.15) is 0 Å². The van der Waals surface area contributed by atoms with Gasteiger partial charge in [-0.15, -0.1) is 0 Å². The van der Waals surface area contributed by atoms with Gasteiger partial charge in [0.25, 0.3) is 0 Å². The first-order chi connectivity index (χ1) is 10.2. The molecule has 0 aliphatic carbocycles. The summed E-state index contributed by atoms with van der Waals surface area (Å²) in [5.41, 5.74) is 3.55. The lowest BCUT2D eigenvalue weighted by molar-refractivity contribution is 0.0943. The van der Waals surface area contributed by atoms with Crippen molar-refractivity contribution in [2.45, 2.75) is 13.3 Å². The standard InChI is InChI=1S/C18H14N2O/c1-13(21)20-17-10-6-5-9-15(17)16(11-12-19)18(20)14-7-3-2-4-8-14/h2-10H,11H2,1H3. The average molecular weight is 274 g/mol. The number of aromatic nitrogens is 1. The number of benzene rings is 2. The number of rotatable bonds is 2. The van der Waals surface area contributed by atoms with Crippen LogP contribution in [0.3, 0.4) is 0 Å². The first kappa shape index (κ1) is 13.1. The van der Waals surface area contributed by atoms with Crippen LogP contribution in [-0.4, -0.2) is 10.5 Å². The summed E-state index contributed by atoms with van der Waals surface area (Å²) in [6.45, 7) is 1.55. The minimum absolute atomic E-state index is 0.0470. The molecule has 2 aromatic carbocycles. The van der Waals surface area contributed by atoms with Gasteiger partial charge in [-0.3, -0.25) is 9.36 Å². The van der Waals surface area contributed by atoms with Gasteiger partial charge >= 0.3 is 0 Å². The third-order valence-corrected chi connectivity index (χ3v) is 3.60. The summed E-state index contributed by atoms with van der Waals surface area (Å²) in [5, 5.41) is 10.1. The molecule has 1 aromatic heterocycles. The van der Waals surface area contributed by atoms with Crippen LogP contribution in [0.1, 0.15) is 17.3 Å². The molecule has 0 unspecified atom stereocenters. The molecule has 3 aromatic rings. The number of carbonyl (C=O) groups excluding carboxylic acids is 1. The van der Waals surface area contributed by atoms with Crippen LogP contribution in [0.15, 0.2) is 54.6 Å². The van der Waals surface area contributed by atoms with Crippen LogP contribution < -0.4 is 0 Å². The largest absolute Gasteiger partial charge is 0.280 e. The van der Waals surface area contributed by atoms with Gasteiger partial charge in [-0.25, -0.2) is 0 Å². The van der Waals surface area contributed by atoms with Crippen LogP contribution >= 0.6 is 0 Å². The molecule has 0 radical (unpaired) electrons. The predicted octanol–water partition coefficient (Wildman–Crippen LogP) is 4.03. The summed E-state index contributed by atoms with van der Waals surface area (Å²) in [6.07, 6.45) is 0.283. The molecular weight excluding hydrogens is 260 g/mol. The first-order valence-corrected chi connectivity index (χ1v) is 6.79. The van der Waals surface area contributed by atoms with Crippen molar-refractivity contribution in [1.29, 1.82) is 5.26 Å². The molecular formula is C18H14N2O. The van der Waals surface area contributed by atoms with E-state index >= 15 is 0 Å². The van der Waals surface area contributed by atoms with Gasteiger partial charge < -0.3 is 0 Å². The Kier molecular flexibility index (Phi) is 3.29. The molecule has 3 rings (SSSR count). The summed E-state index contributed by atoms with van der Waals surface area (Å²) < 4.78 is 1.71. The summed E-state index contributed by atoms with van der Waals surface area (Å²) in [5.74, 6) is -0.0470. The van der Waals surface area contributed by atoms with E-state index in [9.17, 15) is 4.79 Å². The fraction of sp³-hybridized carbons (Fsp3) is 0.111. The molecule has 3 nitrogen and oxygen atoms in total. The molecule has 102 valence electrons. The molecule has 0 aliphatic rings. The van der Waals surface area contributed by atoms with Crippen molar-refractivity contribution >= 4 is 16.8 Å². The quantitative estimate of drug-likeness (QED) is 0.708. The molecule has 0 fully saturated rings. The summed E-state index contributed by atoms with van der Waals surface area (Å²) in [7, 11) is 0. The molecule has 0 N–H and O–H groups in total. The van der Waals surface area contributed by atoms with E-state index in [4.69, 9.17) is 5.26 Å². The predicted molar refractivity (Wildman–Crippen MR) is 83.0 cm³/mol. The van der Waals surface area contributed by atoms with E-state index in [2.05, 4.69) is 6.07 Å². The fourth-order valence-electron chi connectivity index (χ4n) is 2.79. The monoisotopic (exact) mass is 274 g/mol. The molecule has 0 bridgehead atoms. The van der Waals surface area contributed by atoms with Crippen molar-refractivity contribution in [2.24, 2.45) is 0 Å². The maximum Gasteiger partial charge on any atom is 0.228 e. The molecule has 0 aliphatic heterocycles. The van der Waals surface area contributed by atoms with E-state index in [-0.39, 0.29) is 12.3 Å². The van der Waals surface area contributed by atoms with Crippen molar-refractivity contribution in [3.63, 3.8) is 0 Å². The number of para-hydroxylation sites is 1. The highest BCUT2D eigenvalue weighted by Crippen LogP contribution is 2.34. The van der Waals surface area contributed by atoms with E-state index < -0.39 is 0 Å². The third-order valence-electron chi connectivity index (χ3n) is 3.60. The molecule has 3 heteroatoms. The Bertz CT molecular complexity index is 854. The van der Waals surface area contributed by atoms with Gasteiger partial charge in [-0.05, 0) is 11.6 Å².